The molecule has 1 N–H and O–H groups in total. The molecule has 0 spiro atoms. The average molecular weight is 226 g/mol. The molecular formula is C9H8ClN3O2. The molecule has 2 heterocycles. The molecular weight excluding hydrogens is 218 g/mol. The van der Waals surface area contributed by atoms with Crippen LogP contribution in [0, 0.1) is 0 Å². The Hall–Kier alpha value is -1.62. The maximum Gasteiger partial charge on any atom is 0.303 e. The van der Waals surface area contributed by atoms with Crippen molar-refractivity contribution in [2.45, 2.75) is 12.8 Å². The van der Waals surface area contributed by atoms with Crippen LogP contribution in [-0.4, -0.2) is 25.4 Å². The first-order valence-corrected chi connectivity index (χ1v) is 4.74. The topological polar surface area (TPSA) is 67.5 Å². The Morgan fingerprint density at radius 3 is 3.00 bits per heavy atom. The Kier molecular flexibility index (Phi) is 2.55. The summed E-state index contributed by atoms with van der Waals surface area (Å²) >= 11 is 5.73. The molecule has 5 nitrogen and oxygen atoms in total. The molecule has 0 atom stereocenters. The van der Waals surface area contributed by atoms with E-state index in [9.17, 15) is 4.79 Å². The summed E-state index contributed by atoms with van der Waals surface area (Å²) in [5, 5.41) is 8.93. The smallest absolute Gasteiger partial charge is 0.303 e. The first kappa shape index (κ1) is 9.92. The first-order chi connectivity index (χ1) is 7.16. The van der Waals surface area contributed by atoms with Gasteiger partial charge >= 0.3 is 5.97 Å². The number of imidazole rings is 1. The normalized spacial score (nSPS) is 10.7. The molecule has 0 aromatic carbocycles. The summed E-state index contributed by atoms with van der Waals surface area (Å²) in [6.07, 6.45) is 5.31. The lowest BCUT2D eigenvalue weighted by Gasteiger charge is -1.99. The number of rotatable bonds is 3. The van der Waals surface area contributed by atoms with Gasteiger partial charge < -0.3 is 5.11 Å². The van der Waals surface area contributed by atoms with Gasteiger partial charge in [0.2, 0.25) is 0 Å². The van der Waals surface area contributed by atoms with Gasteiger partial charge in [-0.1, -0.05) is 11.6 Å². The van der Waals surface area contributed by atoms with E-state index in [0.717, 1.165) is 5.69 Å². The number of aryl methyl sites for hydroxylation is 1. The van der Waals surface area contributed by atoms with Crippen molar-refractivity contribution in [3.05, 3.63) is 29.4 Å². The van der Waals surface area contributed by atoms with E-state index >= 15 is 0 Å². The third kappa shape index (κ3) is 2.07. The van der Waals surface area contributed by atoms with E-state index in [1.165, 1.54) is 0 Å². The molecule has 15 heavy (non-hydrogen) atoms. The van der Waals surface area contributed by atoms with Crippen LogP contribution in [0.1, 0.15) is 12.1 Å². The minimum absolute atomic E-state index is 0.0771. The highest BCUT2D eigenvalue weighted by Crippen LogP contribution is 2.11. The molecule has 0 unspecified atom stereocenters. The monoisotopic (exact) mass is 225 g/mol. The highest BCUT2D eigenvalue weighted by atomic mass is 35.5. The molecule has 0 bridgehead atoms. The molecule has 6 heteroatoms. The first-order valence-electron chi connectivity index (χ1n) is 4.36. The zero-order valence-electron chi connectivity index (χ0n) is 7.72. The standard InChI is InChI=1S/C9H8ClN3O2/c10-7-5-13-6(1-2-9(14)15)3-12-8(13)4-11-7/h3-5H,1-2H2,(H,14,15). The summed E-state index contributed by atoms with van der Waals surface area (Å²) in [6, 6.07) is 0. The number of carboxylic acid groups (broad SMARTS) is 1. The second-order valence-electron chi connectivity index (χ2n) is 3.08. The van der Waals surface area contributed by atoms with Gasteiger partial charge in [-0.25, -0.2) is 9.97 Å². The Labute approximate surface area is 90.3 Å². The van der Waals surface area contributed by atoms with E-state index in [2.05, 4.69) is 9.97 Å². The summed E-state index contributed by atoms with van der Waals surface area (Å²) in [5.74, 6) is -0.829. The zero-order valence-corrected chi connectivity index (χ0v) is 8.48. The van der Waals surface area contributed by atoms with Gasteiger partial charge in [0.05, 0.1) is 12.6 Å². The van der Waals surface area contributed by atoms with Gasteiger partial charge in [-0.3, -0.25) is 9.20 Å². The van der Waals surface area contributed by atoms with Crippen LogP contribution < -0.4 is 0 Å². The maximum absolute atomic E-state index is 10.4. The number of hydrogen-bond acceptors (Lipinski definition) is 3. The molecule has 0 amide bonds. The van der Waals surface area contributed by atoms with Crippen molar-refractivity contribution < 1.29 is 9.90 Å². The van der Waals surface area contributed by atoms with Crippen molar-refractivity contribution >= 4 is 23.2 Å². The molecule has 2 aromatic heterocycles. The molecule has 2 aromatic rings. The summed E-state index contributed by atoms with van der Waals surface area (Å²) < 4.78 is 1.75. The van der Waals surface area contributed by atoms with Crippen LogP contribution in [0.15, 0.2) is 18.6 Å². The number of nitrogens with zero attached hydrogens (tertiary/aromatic N) is 3. The third-order valence-corrected chi connectivity index (χ3v) is 2.23. The van der Waals surface area contributed by atoms with Crippen molar-refractivity contribution in [2.24, 2.45) is 0 Å². The van der Waals surface area contributed by atoms with E-state index in [4.69, 9.17) is 16.7 Å². The number of aliphatic carboxylic acids is 1. The lowest BCUT2D eigenvalue weighted by Crippen LogP contribution is -2.00. The number of carbonyl (C=O) groups is 1. The van der Waals surface area contributed by atoms with Gasteiger partial charge in [0.15, 0.2) is 5.65 Å². The van der Waals surface area contributed by atoms with Gasteiger partial charge in [-0.15, -0.1) is 0 Å². The molecule has 0 fully saturated rings. The molecule has 0 aliphatic rings. The maximum atomic E-state index is 10.4. The van der Waals surface area contributed by atoms with E-state index in [-0.39, 0.29) is 6.42 Å². The fourth-order valence-corrected chi connectivity index (χ4v) is 1.48. The van der Waals surface area contributed by atoms with Crippen LogP contribution in [0.25, 0.3) is 5.65 Å². The van der Waals surface area contributed by atoms with Crippen LogP contribution in [-0.2, 0) is 11.2 Å². The molecule has 0 radical (unpaired) electrons. The molecule has 0 aliphatic carbocycles. The van der Waals surface area contributed by atoms with E-state index in [1.54, 1.807) is 23.0 Å². The number of hydrogen-bond donors (Lipinski definition) is 1. The van der Waals surface area contributed by atoms with Gasteiger partial charge in [0, 0.05) is 24.5 Å². The fraction of sp³-hybridized carbons (Fsp3) is 0.222. The molecule has 78 valence electrons. The number of halogens is 1. The van der Waals surface area contributed by atoms with Crippen LogP contribution in [0.3, 0.4) is 0 Å². The van der Waals surface area contributed by atoms with Gasteiger partial charge in [0.25, 0.3) is 0 Å². The van der Waals surface area contributed by atoms with Crippen molar-refractivity contribution in [1.82, 2.24) is 14.4 Å². The number of fused-ring (bicyclic) bond motifs is 1. The van der Waals surface area contributed by atoms with E-state index in [0.29, 0.717) is 17.2 Å². The SMILES string of the molecule is O=C(O)CCc1cnc2cnc(Cl)cn12. The van der Waals surface area contributed by atoms with E-state index in [1.807, 2.05) is 0 Å². The van der Waals surface area contributed by atoms with Crippen molar-refractivity contribution in [3.8, 4) is 0 Å². The fourth-order valence-electron chi connectivity index (χ4n) is 1.34. The van der Waals surface area contributed by atoms with Crippen LogP contribution >= 0.6 is 11.6 Å². The van der Waals surface area contributed by atoms with Crippen molar-refractivity contribution in [3.63, 3.8) is 0 Å². The zero-order chi connectivity index (χ0) is 10.8. The summed E-state index contributed by atoms with van der Waals surface area (Å²) in [7, 11) is 0. The van der Waals surface area contributed by atoms with Crippen LogP contribution in [0.2, 0.25) is 5.15 Å². The van der Waals surface area contributed by atoms with Gasteiger partial charge in [0.1, 0.15) is 5.15 Å². The largest absolute Gasteiger partial charge is 0.481 e. The van der Waals surface area contributed by atoms with Crippen LogP contribution in [0.5, 0.6) is 0 Å². The lowest BCUT2D eigenvalue weighted by molar-refractivity contribution is -0.136. The summed E-state index contributed by atoms with van der Waals surface area (Å²) in [6.45, 7) is 0. The van der Waals surface area contributed by atoms with Crippen molar-refractivity contribution in [1.29, 1.82) is 0 Å². The second-order valence-corrected chi connectivity index (χ2v) is 3.47. The Morgan fingerprint density at radius 1 is 1.47 bits per heavy atom. The quantitative estimate of drug-likeness (QED) is 0.858. The predicted octanol–water partition coefficient (Wildman–Crippen LogP) is 1.40. The highest BCUT2D eigenvalue weighted by molar-refractivity contribution is 6.29. The number of carboxylic acids is 1. The van der Waals surface area contributed by atoms with E-state index < -0.39 is 5.97 Å². The lowest BCUT2D eigenvalue weighted by atomic mass is 10.2. The summed E-state index contributed by atoms with van der Waals surface area (Å²) in [4.78, 5) is 18.4. The number of aromatic nitrogens is 3. The Bertz CT molecular complexity index is 509. The van der Waals surface area contributed by atoms with Gasteiger partial charge in [-0.05, 0) is 0 Å². The molecule has 0 aliphatic heterocycles. The van der Waals surface area contributed by atoms with Crippen LogP contribution in [0.4, 0.5) is 0 Å². The Morgan fingerprint density at radius 2 is 2.27 bits per heavy atom. The molecule has 0 saturated carbocycles. The minimum Gasteiger partial charge on any atom is -0.481 e. The highest BCUT2D eigenvalue weighted by Gasteiger charge is 2.06. The summed E-state index contributed by atoms with van der Waals surface area (Å²) in [5.41, 5.74) is 1.48. The average Bonchev–Trinajstić information content (AvgIpc) is 2.57. The Balaban J connectivity index is 2.35. The molecule has 0 saturated heterocycles. The molecule has 2 rings (SSSR count). The minimum atomic E-state index is -0.829. The van der Waals surface area contributed by atoms with Crippen molar-refractivity contribution in [2.75, 3.05) is 0 Å². The predicted molar refractivity (Wildman–Crippen MR) is 54.0 cm³/mol. The van der Waals surface area contributed by atoms with Gasteiger partial charge in [-0.2, -0.15) is 0 Å². The second kappa shape index (κ2) is 3.86. The third-order valence-electron chi connectivity index (χ3n) is 2.04.